The number of carbonyl (C=O) groups is 2. The zero-order valence-corrected chi connectivity index (χ0v) is 25.1. The third-order valence-corrected chi connectivity index (χ3v) is 6.99. The SMILES string of the molecule is CCC(C)C(F)F.COC.[B]C1([B])NC(=O)N(Cc2cnn3cc(CNC(=O)c4nonc4C4CC4)nc3c2)C([B])([B])C1(F)F. The number of amides is 3. The summed E-state index contributed by atoms with van der Waals surface area (Å²) in [5.74, 6) is -4.77. The lowest BCUT2D eigenvalue weighted by Gasteiger charge is -2.56. The molecule has 234 valence electrons. The van der Waals surface area contributed by atoms with E-state index >= 15 is 0 Å². The Kier molecular flexibility index (Phi) is 11.4. The second kappa shape index (κ2) is 14.3. The highest BCUT2D eigenvalue weighted by atomic mass is 19.3. The molecule has 1 atom stereocenters. The van der Waals surface area contributed by atoms with E-state index in [1.165, 1.54) is 16.8 Å². The van der Waals surface area contributed by atoms with Crippen LogP contribution < -0.4 is 10.6 Å². The van der Waals surface area contributed by atoms with Gasteiger partial charge in [0.2, 0.25) is 6.43 Å². The molecule has 2 aliphatic rings. The van der Waals surface area contributed by atoms with Gasteiger partial charge < -0.3 is 20.3 Å². The first-order valence-corrected chi connectivity index (χ1v) is 13.8. The molecule has 0 aromatic carbocycles. The van der Waals surface area contributed by atoms with Crippen LogP contribution in [0.5, 0.6) is 0 Å². The summed E-state index contributed by atoms with van der Waals surface area (Å²) in [6.07, 6.45) is 3.19. The van der Waals surface area contributed by atoms with Crippen LogP contribution in [0.2, 0.25) is 0 Å². The van der Waals surface area contributed by atoms with Gasteiger partial charge in [0.1, 0.15) is 5.69 Å². The monoisotopic (exact) mass is 626 g/mol. The van der Waals surface area contributed by atoms with Gasteiger partial charge in [0.25, 0.3) is 11.8 Å². The molecule has 3 amide bonds. The molecule has 12 nitrogen and oxygen atoms in total. The van der Waals surface area contributed by atoms with E-state index in [0.29, 0.717) is 33.9 Å². The number of urea groups is 1. The first-order valence-electron chi connectivity index (χ1n) is 13.8. The minimum absolute atomic E-state index is 0.0546. The fourth-order valence-corrected chi connectivity index (χ4v) is 3.92. The summed E-state index contributed by atoms with van der Waals surface area (Å²) in [5, 5.41) is 10.2. The van der Waals surface area contributed by atoms with Gasteiger partial charge in [-0.05, 0) is 36.0 Å². The molecule has 1 unspecified atom stereocenters. The topological polar surface area (TPSA) is 140 Å². The van der Waals surface area contributed by atoms with Gasteiger partial charge in [-0.2, -0.15) is 5.10 Å². The number of carbonyl (C=O) groups excluding carboxylic acids is 2. The van der Waals surface area contributed by atoms with Crippen molar-refractivity contribution in [2.75, 3.05) is 14.2 Å². The van der Waals surface area contributed by atoms with Gasteiger partial charge in [-0.15, -0.1) is 0 Å². The lowest BCUT2D eigenvalue weighted by atomic mass is 9.43. The number of nitrogens with one attached hydrogen (secondary N) is 2. The molecular weight excluding hydrogens is 596 g/mol. The Hall–Kier alpha value is -3.56. The summed E-state index contributed by atoms with van der Waals surface area (Å²) in [5.41, 5.74) is 1.75. The Balaban J connectivity index is 0.000000482. The molecule has 1 aliphatic heterocycles. The van der Waals surface area contributed by atoms with Crippen LogP contribution in [0.1, 0.15) is 66.5 Å². The quantitative estimate of drug-likeness (QED) is 0.285. The summed E-state index contributed by atoms with van der Waals surface area (Å²) in [6.45, 7) is 2.93. The third kappa shape index (κ3) is 8.00. The van der Waals surface area contributed by atoms with Crippen molar-refractivity contribution >= 4 is 49.0 Å². The number of nitrogens with zero attached hydrogens (tertiary/aromatic N) is 6. The van der Waals surface area contributed by atoms with Gasteiger partial charge >= 0.3 is 6.03 Å². The third-order valence-electron chi connectivity index (χ3n) is 6.99. The Morgan fingerprint density at radius 1 is 1.22 bits per heavy atom. The van der Waals surface area contributed by atoms with Crippen molar-refractivity contribution in [2.24, 2.45) is 5.92 Å². The zero-order chi connectivity index (χ0) is 33.7. The average molecular weight is 626 g/mol. The maximum atomic E-state index is 14.6. The van der Waals surface area contributed by atoms with Crippen molar-refractivity contribution in [1.29, 1.82) is 0 Å². The largest absolute Gasteiger partial charge is 0.388 e. The summed E-state index contributed by atoms with van der Waals surface area (Å²) in [7, 11) is 25.1. The van der Waals surface area contributed by atoms with Crippen LogP contribution in [0.15, 0.2) is 23.1 Å². The summed E-state index contributed by atoms with van der Waals surface area (Å²) in [6, 6.07) is 0.421. The van der Waals surface area contributed by atoms with Crippen molar-refractivity contribution in [3.8, 4) is 0 Å². The molecule has 5 rings (SSSR count). The van der Waals surface area contributed by atoms with E-state index < -0.39 is 47.4 Å². The van der Waals surface area contributed by atoms with Crippen molar-refractivity contribution in [2.45, 2.75) is 75.1 Å². The van der Waals surface area contributed by atoms with Crippen LogP contribution in [0.4, 0.5) is 22.4 Å². The fraction of sp³-hybridized carbons (Fsp3) is 0.600. The van der Waals surface area contributed by atoms with E-state index in [0.717, 1.165) is 12.8 Å². The number of halogens is 4. The van der Waals surface area contributed by atoms with E-state index in [1.54, 1.807) is 39.6 Å². The number of fused-ring (bicyclic) bond motifs is 1. The first-order chi connectivity index (χ1) is 21.0. The Morgan fingerprint density at radius 2 is 1.87 bits per heavy atom. The number of ether oxygens (including phenoxy) is 1. The average Bonchev–Trinajstić information content (AvgIpc) is 3.54. The Labute approximate surface area is 262 Å². The number of hydrogen-bond donors (Lipinski definition) is 2. The molecule has 1 aliphatic carbocycles. The second-order valence-corrected chi connectivity index (χ2v) is 10.8. The van der Waals surface area contributed by atoms with E-state index in [4.69, 9.17) is 31.4 Å². The van der Waals surface area contributed by atoms with E-state index in [9.17, 15) is 27.2 Å². The smallest absolute Gasteiger partial charge is 0.316 e. The lowest BCUT2D eigenvalue weighted by molar-refractivity contribution is -0.0958. The number of rotatable bonds is 8. The first kappa shape index (κ1) is 35.9. The highest BCUT2D eigenvalue weighted by Crippen LogP contribution is 2.41. The number of hydrogen-bond acceptors (Lipinski definition) is 8. The van der Waals surface area contributed by atoms with Crippen LogP contribution in [-0.2, 0) is 17.8 Å². The maximum absolute atomic E-state index is 14.6. The highest BCUT2D eigenvalue weighted by molar-refractivity contribution is 6.48. The molecule has 2 N–H and O–H groups in total. The van der Waals surface area contributed by atoms with E-state index in [-0.39, 0.29) is 18.2 Å². The van der Waals surface area contributed by atoms with E-state index in [2.05, 4.69) is 35.1 Å². The van der Waals surface area contributed by atoms with Crippen molar-refractivity contribution < 1.29 is 36.5 Å². The Bertz CT molecular complexity index is 1470. The number of methoxy groups -OCH3 is 1. The van der Waals surface area contributed by atoms with Crippen molar-refractivity contribution in [3.63, 3.8) is 0 Å². The summed E-state index contributed by atoms with van der Waals surface area (Å²) < 4.78 is 62.5. The maximum Gasteiger partial charge on any atom is 0.316 e. The van der Waals surface area contributed by atoms with Gasteiger partial charge in [-0.25, -0.2) is 36.5 Å². The summed E-state index contributed by atoms with van der Waals surface area (Å²) >= 11 is 0. The predicted octanol–water partition coefficient (Wildman–Crippen LogP) is 1.62. The second-order valence-electron chi connectivity index (χ2n) is 10.8. The molecule has 45 heavy (non-hydrogen) atoms. The number of aromatic nitrogens is 5. The molecule has 1 saturated carbocycles. The molecule has 0 bridgehead atoms. The minimum Gasteiger partial charge on any atom is -0.388 e. The fourth-order valence-electron chi connectivity index (χ4n) is 3.92. The van der Waals surface area contributed by atoms with Gasteiger partial charge in [0.15, 0.2) is 11.3 Å². The molecule has 20 heteroatoms. The molecule has 1 saturated heterocycles. The van der Waals surface area contributed by atoms with E-state index in [1.807, 2.05) is 0 Å². The van der Waals surface area contributed by atoms with Crippen LogP contribution in [0, 0.1) is 5.92 Å². The van der Waals surface area contributed by atoms with Gasteiger partial charge in [-0.1, -0.05) is 19.0 Å². The van der Waals surface area contributed by atoms with Crippen LogP contribution in [-0.4, -0.2) is 110 Å². The zero-order valence-electron chi connectivity index (χ0n) is 25.1. The Morgan fingerprint density at radius 3 is 2.42 bits per heavy atom. The lowest BCUT2D eigenvalue weighted by Crippen LogP contribution is -2.82. The van der Waals surface area contributed by atoms with Crippen molar-refractivity contribution in [3.05, 3.63) is 41.1 Å². The van der Waals surface area contributed by atoms with Crippen LogP contribution in [0.25, 0.3) is 5.65 Å². The number of imidazole rings is 1. The molecule has 3 aromatic heterocycles. The van der Waals surface area contributed by atoms with Crippen LogP contribution >= 0.6 is 0 Å². The minimum atomic E-state index is -4.08. The van der Waals surface area contributed by atoms with Gasteiger partial charge in [-0.3, -0.25) is 4.79 Å². The normalized spacial score (nSPS) is 18.7. The molecule has 8 radical (unpaired) electrons. The molecule has 3 aromatic rings. The number of alkyl halides is 4. The van der Waals surface area contributed by atoms with Crippen LogP contribution in [0.3, 0.4) is 0 Å². The molecule has 2 fully saturated rings. The predicted molar refractivity (Wildman–Crippen MR) is 156 cm³/mol. The molecule has 4 heterocycles. The highest BCUT2D eigenvalue weighted by Gasteiger charge is 2.62. The van der Waals surface area contributed by atoms with Crippen molar-refractivity contribution in [1.82, 2.24) is 40.4 Å². The summed E-state index contributed by atoms with van der Waals surface area (Å²) in [4.78, 5) is 29.7. The van der Waals surface area contributed by atoms with Gasteiger partial charge in [0.05, 0.1) is 56.0 Å². The van der Waals surface area contributed by atoms with Gasteiger partial charge in [0, 0.05) is 43.3 Å². The molecule has 0 spiro atoms. The molecular formula is C25H30B4F4N8O4. The standard InChI is InChI=1S/C18H14B4F2N8O3.C5H10F2.C2H6O/c19-17(20)16(23,24)18(21,22)31(15(34)28-17)6-8-3-11-27-10(7-32(11)26-4-8)5-25-14(33)13-12(9-1-2-9)29-35-30-13;1-3-4(2)5(6)7;1-3-2/h3-4,7,9H,1-2,5-6H2,(H,25,33)(H,28,34);4-5H,3H2,1-2H3;1-2H3.